The zero-order valence-corrected chi connectivity index (χ0v) is 18.2. The lowest BCUT2D eigenvalue weighted by molar-refractivity contribution is 0.0986. The summed E-state index contributed by atoms with van der Waals surface area (Å²) < 4.78 is 3.09. The zero-order valence-electron chi connectivity index (χ0n) is 15.8. The quantitative estimate of drug-likeness (QED) is 0.386. The predicted octanol–water partition coefficient (Wildman–Crippen LogP) is 5.61. The first-order valence-electron chi connectivity index (χ1n) is 9.01. The van der Waals surface area contributed by atoms with E-state index in [0.717, 1.165) is 33.9 Å². The van der Waals surface area contributed by atoms with Gasteiger partial charge in [-0.05, 0) is 49.2 Å². The molecule has 2 aromatic heterocycles. The van der Waals surface area contributed by atoms with E-state index < -0.39 is 0 Å². The lowest BCUT2D eigenvalue weighted by Crippen LogP contribution is -2.32. The summed E-state index contributed by atoms with van der Waals surface area (Å²) in [5, 5.41) is 1.33. The van der Waals surface area contributed by atoms with Crippen LogP contribution < -0.4 is 4.90 Å². The van der Waals surface area contributed by atoms with Gasteiger partial charge >= 0.3 is 0 Å². The Morgan fingerprint density at radius 3 is 2.69 bits per heavy atom. The van der Waals surface area contributed by atoms with Gasteiger partial charge in [0.05, 0.1) is 16.5 Å². The number of rotatable bonds is 6. The molecule has 0 aliphatic rings. The Kier molecular flexibility index (Phi) is 6.90. The van der Waals surface area contributed by atoms with Crippen molar-refractivity contribution < 1.29 is 4.79 Å². The van der Waals surface area contributed by atoms with Crippen LogP contribution in [0.25, 0.3) is 10.2 Å². The third kappa shape index (κ3) is 4.78. The van der Waals surface area contributed by atoms with E-state index in [4.69, 9.17) is 16.6 Å². The van der Waals surface area contributed by atoms with Crippen molar-refractivity contribution in [3.8, 4) is 0 Å². The number of imidazole rings is 1. The maximum Gasteiger partial charge on any atom is 0.260 e. The van der Waals surface area contributed by atoms with Crippen LogP contribution in [-0.4, -0.2) is 27.0 Å². The Hall–Kier alpha value is -2.41. The minimum Gasteiger partial charge on any atom is -0.337 e. The molecule has 0 unspecified atom stereocenters. The summed E-state index contributed by atoms with van der Waals surface area (Å²) in [6.07, 6.45) is 6.26. The van der Waals surface area contributed by atoms with Crippen LogP contribution in [-0.2, 0) is 6.54 Å². The number of carbonyl (C=O) groups excluding carboxylic acids is 1. The Bertz CT molecular complexity index is 1090. The van der Waals surface area contributed by atoms with Crippen molar-refractivity contribution in [1.82, 2.24) is 14.5 Å². The van der Waals surface area contributed by atoms with Gasteiger partial charge in [-0.15, -0.1) is 12.4 Å². The molecule has 150 valence electrons. The first kappa shape index (κ1) is 21.3. The van der Waals surface area contributed by atoms with Crippen LogP contribution in [0.3, 0.4) is 0 Å². The van der Waals surface area contributed by atoms with Crippen molar-refractivity contribution in [3.63, 3.8) is 0 Å². The van der Waals surface area contributed by atoms with E-state index in [1.165, 1.54) is 0 Å². The highest BCUT2D eigenvalue weighted by molar-refractivity contribution is 7.22. The van der Waals surface area contributed by atoms with Gasteiger partial charge in [0.1, 0.15) is 0 Å². The van der Waals surface area contributed by atoms with Crippen LogP contribution >= 0.6 is 35.3 Å². The molecule has 4 aromatic rings. The summed E-state index contributed by atoms with van der Waals surface area (Å²) in [5.41, 5.74) is 2.66. The largest absolute Gasteiger partial charge is 0.337 e. The Balaban J connectivity index is 0.00000240. The van der Waals surface area contributed by atoms with Crippen LogP contribution in [0.4, 0.5) is 5.13 Å². The highest BCUT2D eigenvalue weighted by Gasteiger charge is 2.21. The summed E-state index contributed by atoms with van der Waals surface area (Å²) in [5.74, 6) is -0.0704. The Morgan fingerprint density at radius 2 is 2.00 bits per heavy atom. The minimum absolute atomic E-state index is 0. The van der Waals surface area contributed by atoms with E-state index in [9.17, 15) is 4.79 Å². The predicted molar refractivity (Wildman–Crippen MR) is 122 cm³/mol. The van der Waals surface area contributed by atoms with Crippen molar-refractivity contribution in [2.75, 3.05) is 11.4 Å². The fourth-order valence-corrected chi connectivity index (χ4v) is 4.25. The van der Waals surface area contributed by atoms with Crippen LogP contribution in [0.15, 0.2) is 61.2 Å². The number of halogens is 2. The van der Waals surface area contributed by atoms with E-state index in [1.54, 1.807) is 53.0 Å². The number of hydrogen-bond acceptors (Lipinski definition) is 4. The number of carbonyl (C=O) groups is 1. The lowest BCUT2D eigenvalue weighted by Gasteiger charge is -2.20. The molecule has 0 N–H and O–H groups in total. The summed E-state index contributed by atoms with van der Waals surface area (Å²) in [4.78, 5) is 23.8. The number of nitrogens with zero attached hydrogens (tertiary/aromatic N) is 4. The molecule has 0 radical (unpaired) electrons. The number of benzene rings is 2. The highest BCUT2D eigenvalue weighted by atomic mass is 35.5. The number of fused-ring (bicyclic) bond motifs is 1. The second kappa shape index (κ2) is 9.39. The number of para-hydroxylation sites is 1. The topological polar surface area (TPSA) is 51.0 Å². The number of aryl methyl sites for hydroxylation is 2. The zero-order chi connectivity index (χ0) is 19.5. The van der Waals surface area contributed by atoms with E-state index in [2.05, 4.69) is 4.98 Å². The molecule has 8 heteroatoms. The lowest BCUT2D eigenvalue weighted by atomic mass is 10.2. The molecule has 2 aromatic carbocycles. The van der Waals surface area contributed by atoms with Crippen molar-refractivity contribution in [3.05, 3.63) is 77.3 Å². The smallest absolute Gasteiger partial charge is 0.260 e. The molecule has 4 rings (SSSR count). The van der Waals surface area contributed by atoms with Crippen molar-refractivity contribution in [2.24, 2.45) is 0 Å². The van der Waals surface area contributed by atoms with Crippen molar-refractivity contribution in [1.29, 1.82) is 0 Å². The molecule has 2 heterocycles. The molecule has 0 saturated heterocycles. The minimum atomic E-state index is -0.0704. The average molecular weight is 447 g/mol. The van der Waals surface area contributed by atoms with Gasteiger partial charge in [-0.3, -0.25) is 9.69 Å². The summed E-state index contributed by atoms with van der Waals surface area (Å²) in [6, 6.07) is 13.1. The maximum absolute atomic E-state index is 13.2. The van der Waals surface area contributed by atoms with Crippen molar-refractivity contribution in [2.45, 2.75) is 19.9 Å². The van der Waals surface area contributed by atoms with Gasteiger partial charge in [0.25, 0.3) is 5.91 Å². The van der Waals surface area contributed by atoms with Gasteiger partial charge < -0.3 is 4.57 Å². The average Bonchev–Trinajstić information content (AvgIpc) is 3.36. The Morgan fingerprint density at radius 1 is 1.21 bits per heavy atom. The van der Waals surface area contributed by atoms with Crippen LogP contribution in [0.5, 0.6) is 0 Å². The fourth-order valence-electron chi connectivity index (χ4n) is 3.05. The number of amides is 1. The third-order valence-electron chi connectivity index (χ3n) is 4.53. The van der Waals surface area contributed by atoms with E-state index in [-0.39, 0.29) is 18.3 Å². The molecular formula is C21H20Cl2N4OS. The maximum atomic E-state index is 13.2. The molecule has 0 atom stereocenters. The molecular weight excluding hydrogens is 427 g/mol. The normalized spacial score (nSPS) is 10.7. The molecule has 5 nitrogen and oxygen atoms in total. The molecule has 0 saturated carbocycles. The molecule has 0 aliphatic carbocycles. The van der Waals surface area contributed by atoms with E-state index >= 15 is 0 Å². The second-order valence-corrected chi connectivity index (χ2v) is 7.98. The van der Waals surface area contributed by atoms with Gasteiger partial charge in [-0.2, -0.15) is 0 Å². The van der Waals surface area contributed by atoms with Crippen LogP contribution in [0, 0.1) is 6.92 Å². The van der Waals surface area contributed by atoms with Gasteiger partial charge in [0.2, 0.25) is 0 Å². The van der Waals surface area contributed by atoms with Gasteiger partial charge in [-0.25, -0.2) is 9.97 Å². The molecule has 0 aliphatic heterocycles. The summed E-state index contributed by atoms with van der Waals surface area (Å²) >= 11 is 7.52. The molecule has 0 bridgehead atoms. The standard InChI is InChI=1S/C21H19ClN4OS.ClH/c1-15-4-2-5-18-19(15)24-21(28-18)26(12-3-11-25-13-10-23-14-25)20(27)16-6-8-17(22)9-7-16;/h2,4-10,13-14H,3,11-12H2,1H3;1H. The SMILES string of the molecule is Cc1cccc2sc(N(CCCn3ccnc3)C(=O)c3ccc(Cl)cc3)nc12.Cl. The summed E-state index contributed by atoms with van der Waals surface area (Å²) in [7, 11) is 0. The van der Waals surface area contributed by atoms with Gasteiger partial charge in [0, 0.05) is 36.1 Å². The molecule has 1 amide bonds. The first-order chi connectivity index (χ1) is 13.6. The fraction of sp³-hybridized carbons (Fsp3) is 0.190. The summed E-state index contributed by atoms with van der Waals surface area (Å²) in [6.45, 7) is 3.39. The third-order valence-corrected chi connectivity index (χ3v) is 5.83. The number of thiazole rings is 1. The monoisotopic (exact) mass is 446 g/mol. The number of aromatic nitrogens is 3. The molecule has 0 fully saturated rings. The second-order valence-electron chi connectivity index (χ2n) is 6.54. The molecule has 0 spiro atoms. The number of anilines is 1. The first-order valence-corrected chi connectivity index (χ1v) is 10.2. The van der Waals surface area contributed by atoms with Crippen LogP contribution in [0.1, 0.15) is 22.3 Å². The van der Waals surface area contributed by atoms with Crippen molar-refractivity contribution >= 4 is 56.6 Å². The number of hydrogen-bond donors (Lipinski definition) is 0. The Labute approximate surface area is 184 Å². The van der Waals surface area contributed by atoms with Crippen LogP contribution in [0.2, 0.25) is 5.02 Å². The highest BCUT2D eigenvalue weighted by Crippen LogP contribution is 2.31. The van der Waals surface area contributed by atoms with E-state index in [0.29, 0.717) is 17.1 Å². The van der Waals surface area contributed by atoms with Gasteiger partial charge in [-0.1, -0.05) is 35.1 Å². The van der Waals surface area contributed by atoms with E-state index in [1.807, 2.05) is 35.9 Å². The van der Waals surface area contributed by atoms with Gasteiger partial charge in [0.15, 0.2) is 5.13 Å². The molecule has 29 heavy (non-hydrogen) atoms.